The SMILES string of the molecule is Cc1cc(C)c(CNC(=O)c2c(C)n([C@@H](C)C3CCN(C)[C@@H](C(F)(F)F)C3)c3ccccc23)c(=O)[nH]1. The number of amides is 1. The van der Waals surface area contributed by atoms with Gasteiger partial charge in [0.15, 0.2) is 0 Å². The van der Waals surface area contributed by atoms with Gasteiger partial charge >= 0.3 is 6.18 Å². The molecule has 0 saturated carbocycles. The van der Waals surface area contributed by atoms with E-state index in [2.05, 4.69) is 10.3 Å². The third kappa shape index (κ3) is 4.81. The molecule has 1 saturated heterocycles. The normalized spacial score (nSPS) is 20.0. The molecule has 9 heteroatoms. The lowest BCUT2D eigenvalue weighted by molar-refractivity contribution is -0.192. The van der Waals surface area contributed by atoms with E-state index in [0.29, 0.717) is 29.8 Å². The number of carbonyl (C=O) groups excluding carboxylic acids is 1. The molecule has 2 aromatic heterocycles. The third-order valence-corrected chi connectivity index (χ3v) is 7.68. The number of rotatable bonds is 5. The minimum atomic E-state index is -4.28. The summed E-state index contributed by atoms with van der Waals surface area (Å²) in [5.41, 5.74) is 3.82. The lowest BCUT2D eigenvalue weighted by atomic mass is 9.85. The molecule has 0 radical (unpaired) electrons. The molecule has 194 valence electrons. The Kier molecular flexibility index (Phi) is 7.05. The fraction of sp³-hybridized carbons (Fsp3) is 0.481. The van der Waals surface area contributed by atoms with Gasteiger partial charge in [0.05, 0.1) is 5.56 Å². The average molecular weight is 503 g/mol. The Labute approximate surface area is 208 Å². The van der Waals surface area contributed by atoms with E-state index in [0.717, 1.165) is 22.2 Å². The minimum absolute atomic E-state index is 0.0180. The van der Waals surface area contributed by atoms with Gasteiger partial charge in [-0.3, -0.25) is 14.5 Å². The summed E-state index contributed by atoms with van der Waals surface area (Å²) in [5.74, 6) is -0.502. The predicted molar refractivity (Wildman–Crippen MR) is 134 cm³/mol. The van der Waals surface area contributed by atoms with Gasteiger partial charge in [-0.1, -0.05) is 18.2 Å². The molecule has 36 heavy (non-hydrogen) atoms. The number of nitrogens with zero attached hydrogens (tertiary/aromatic N) is 2. The molecule has 1 unspecified atom stereocenters. The van der Waals surface area contributed by atoms with Crippen LogP contribution in [0, 0.1) is 26.7 Å². The Morgan fingerprint density at radius 3 is 2.58 bits per heavy atom. The monoisotopic (exact) mass is 502 g/mol. The number of likely N-dealkylation sites (tertiary alicyclic amines) is 1. The quantitative estimate of drug-likeness (QED) is 0.515. The van der Waals surface area contributed by atoms with Crippen LogP contribution in [0.4, 0.5) is 13.2 Å². The van der Waals surface area contributed by atoms with E-state index in [9.17, 15) is 22.8 Å². The van der Waals surface area contributed by atoms with E-state index < -0.39 is 12.2 Å². The Morgan fingerprint density at radius 1 is 1.22 bits per heavy atom. The second-order valence-electron chi connectivity index (χ2n) is 10.0. The van der Waals surface area contributed by atoms with Crippen molar-refractivity contribution in [3.8, 4) is 0 Å². The molecular weight excluding hydrogens is 469 g/mol. The van der Waals surface area contributed by atoms with Gasteiger partial charge in [-0.05, 0) is 77.7 Å². The molecular formula is C27H33F3N4O2. The lowest BCUT2D eigenvalue weighted by Crippen LogP contribution is -2.49. The number of benzene rings is 1. The number of aryl methyl sites for hydroxylation is 2. The number of alkyl halides is 3. The van der Waals surface area contributed by atoms with Crippen LogP contribution in [0.5, 0.6) is 0 Å². The Morgan fingerprint density at radius 2 is 1.92 bits per heavy atom. The maximum atomic E-state index is 13.7. The number of hydrogen-bond donors (Lipinski definition) is 2. The van der Waals surface area contributed by atoms with Crippen molar-refractivity contribution in [1.82, 2.24) is 19.8 Å². The summed E-state index contributed by atoms with van der Waals surface area (Å²) < 4.78 is 43.0. The summed E-state index contributed by atoms with van der Waals surface area (Å²) >= 11 is 0. The molecule has 1 aliphatic rings. The van der Waals surface area contributed by atoms with Crippen LogP contribution in [0.2, 0.25) is 0 Å². The molecule has 3 atom stereocenters. The topological polar surface area (TPSA) is 70.1 Å². The summed E-state index contributed by atoms with van der Waals surface area (Å²) in [5, 5.41) is 3.63. The summed E-state index contributed by atoms with van der Waals surface area (Å²) in [6.07, 6.45) is -3.62. The maximum absolute atomic E-state index is 13.7. The Balaban J connectivity index is 1.66. The second kappa shape index (κ2) is 9.76. The van der Waals surface area contributed by atoms with Crippen LogP contribution in [-0.2, 0) is 6.54 Å². The Bertz CT molecular complexity index is 1340. The van der Waals surface area contributed by atoms with Crippen molar-refractivity contribution in [2.75, 3.05) is 13.6 Å². The number of piperidine rings is 1. The van der Waals surface area contributed by atoms with Crippen LogP contribution in [0.15, 0.2) is 35.1 Å². The molecule has 1 aromatic carbocycles. The molecule has 6 nitrogen and oxygen atoms in total. The smallest absolute Gasteiger partial charge is 0.348 e. The van der Waals surface area contributed by atoms with Gasteiger partial charge in [-0.25, -0.2) is 0 Å². The van der Waals surface area contributed by atoms with E-state index in [-0.39, 0.29) is 36.4 Å². The van der Waals surface area contributed by atoms with Gasteiger partial charge < -0.3 is 14.9 Å². The molecule has 1 amide bonds. The average Bonchev–Trinajstić information content (AvgIpc) is 3.09. The van der Waals surface area contributed by atoms with Gasteiger partial charge in [-0.2, -0.15) is 13.2 Å². The van der Waals surface area contributed by atoms with E-state index in [1.807, 2.05) is 55.7 Å². The van der Waals surface area contributed by atoms with Crippen LogP contribution < -0.4 is 10.9 Å². The molecule has 3 aromatic rings. The van der Waals surface area contributed by atoms with Crippen molar-refractivity contribution < 1.29 is 18.0 Å². The number of aromatic nitrogens is 2. The number of pyridine rings is 1. The number of carbonyl (C=O) groups is 1. The first kappa shape index (κ1) is 26.0. The lowest BCUT2D eigenvalue weighted by Gasteiger charge is -2.40. The highest BCUT2D eigenvalue weighted by Gasteiger charge is 2.46. The van der Waals surface area contributed by atoms with Gasteiger partial charge in [-0.15, -0.1) is 0 Å². The largest absolute Gasteiger partial charge is 0.404 e. The molecule has 4 rings (SSSR count). The first-order valence-corrected chi connectivity index (χ1v) is 12.2. The van der Waals surface area contributed by atoms with Crippen LogP contribution >= 0.6 is 0 Å². The summed E-state index contributed by atoms with van der Waals surface area (Å²) in [6.45, 7) is 7.87. The number of hydrogen-bond acceptors (Lipinski definition) is 3. The molecule has 0 bridgehead atoms. The fourth-order valence-electron chi connectivity index (χ4n) is 5.70. The number of H-pyrrole nitrogens is 1. The zero-order valence-electron chi connectivity index (χ0n) is 21.3. The highest BCUT2D eigenvalue weighted by molar-refractivity contribution is 6.08. The van der Waals surface area contributed by atoms with Gasteiger partial charge in [0.1, 0.15) is 6.04 Å². The standard InChI is InChI=1S/C27H33F3N4O2/c1-15-12-16(2)32-25(35)21(15)14-31-26(36)24-18(4)34(22-9-7-6-8-20(22)24)17(3)19-10-11-33(5)23(13-19)27(28,29)30/h6-9,12,17,19,23H,10-11,13-14H2,1-5H3,(H,31,36)(H,32,35)/t17-,19?,23+/m0/s1. The summed E-state index contributed by atoms with van der Waals surface area (Å²) in [4.78, 5) is 29.9. The summed E-state index contributed by atoms with van der Waals surface area (Å²) in [7, 11) is 1.53. The zero-order chi connectivity index (χ0) is 26.4. The van der Waals surface area contributed by atoms with Crippen molar-refractivity contribution in [2.24, 2.45) is 5.92 Å². The molecule has 0 spiro atoms. The fourth-order valence-corrected chi connectivity index (χ4v) is 5.70. The number of para-hydroxylation sites is 1. The third-order valence-electron chi connectivity index (χ3n) is 7.68. The van der Waals surface area contributed by atoms with Crippen LogP contribution in [0.1, 0.15) is 58.7 Å². The number of nitrogens with one attached hydrogen (secondary N) is 2. The van der Waals surface area contributed by atoms with Crippen LogP contribution in [-0.4, -0.2) is 46.2 Å². The second-order valence-corrected chi connectivity index (χ2v) is 10.0. The van der Waals surface area contributed by atoms with E-state index in [1.54, 1.807) is 6.92 Å². The maximum Gasteiger partial charge on any atom is 0.404 e. The van der Waals surface area contributed by atoms with Crippen molar-refractivity contribution >= 4 is 16.8 Å². The van der Waals surface area contributed by atoms with Crippen molar-refractivity contribution in [1.29, 1.82) is 0 Å². The van der Waals surface area contributed by atoms with Crippen molar-refractivity contribution in [3.63, 3.8) is 0 Å². The minimum Gasteiger partial charge on any atom is -0.348 e. The van der Waals surface area contributed by atoms with Gasteiger partial charge in [0.2, 0.25) is 0 Å². The van der Waals surface area contributed by atoms with Gasteiger partial charge in [0, 0.05) is 40.4 Å². The molecule has 3 heterocycles. The molecule has 1 aliphatic heterocycles. The van der Waals surface area contributed by atoms with Crippen molar-refractivity contribution in [2.45, 2.75) is 65.3 Å². The highest BCUT2D eigenvalue weighted by Crippen LogP contribution is 2.40. The van der Waals surface area contributed by atoms with Crippen LogP contribution in [0.3, 0.4) is 0 Å². The first-order chi connectivity index (χ1) is 16.9. The molecule has 1 fully saturated rings. The number of halogens is 3. The first-order valence-electron chi connectivity index (χ1n) is 12.2. The predicted octanol–water partition coefficient (Wildman–Crippen LogP) is 5.02. The van der Waals surface area contributed by atoms with E-state index in [1.165, 1.54) is 11.9 Å². The summed E-state index contributed by atoms with van der Waals surface area (Å²) in [6, 6.07) is 7.64. The van der Waals surface area contributed by atoms with Crippen molar-refractivity contribution in [3.05, 3.63) is 68.8 Å². The van der Waals surface area contributed by atoms with E-state index in [4.69, 9.17) is 0 Å². The number of aromatic amines is 1. The molecule has 2 N–H and O–H groups in total. The van der Waals surface area contributed by atoms with Crippen LogP contribution in [0.25, 0.3) is 10.9 Å². The Hall–Kier alpha value is -3.07. The zero-order valence-corrected chi connectivity index (χ0v) is 21.3. The molecule has 0 aliphatic carbocycles. The number of fused-ring (bicyclic) bond motifs is 1. The highest BCUT2D eigenvalue weighted by atomic mass is 19.4. The van der Waals surface area contributed by atoms with Gasteiger partial charge in [0.25, 0.3) is 11.5 Å². The van der Waals surface area contributed by atoms with E-state index >= 15 is 0 Å².